The average molecular weight is 506 g/mol. The fourth-order valence-electron chi connectivity index (χ4n) is 3.06. The van der Waals surface area contributed by atoms with E-state index < -0.39 is 17.5 Å². The third-order valence-electron chi connectivity index (χ3n) is 4.50. The highest BCUT2D eigenvalue weighted by atomic mass is 127. The molecular formula is C19H22F3IN4O. The number of anilines is 1. The summed E-state index contributed by atoms with van der Waals surface area (Å²) in [7, 11) is 1.65. The molecule has 2 N–H and O–H groups in total. The van der Waals surface area contributed by atoms with Crippen molar-refractivity contribution in [2.75, 3.05) is 38.1 Å². The number of benzene rings is 2. The molecule has 1 aliphatic heterocycles. The minimum Gasteiger partial charge on any atom is -0.505 e. The second kappa shape index (κ2) is 9.85. The molecule has 152 valence electrons. The summed E-state index contributed by atoms with van der Waals surface area (Å²) in [6.07, 6.45) is 0. The van der Waals surface area contributed by atoms with Crippen molar-refractivity contribution in [3.8, 4) is 5.75 Å². The van der Waals surface area contributed by atoms with E-state index in [0.29, 0.717) is 44.2 Å². The summed E-state index contributed by atoms with van der Waals surface area (Å²) in [5, 5.41) is 12.4. The zero-order valence-electron chi connectivity index (χ0n) is 15.3. The van der Waals surface area contributed by atoms with Gasteiger partial charge in [0.05, 0.1) is 5.69 Å². The number of piperazine rings is 1. The molecule has 0 aromatic heterocycles. The SMILES string of the molecule is CN=C(NCc1ccc(O)c(F)c1)N1CCN(c2cc(F)ccc2F)CC1.I. The molecule has 1 aliphatic rings. The highest BCUT2D eigenvalue weighted by Crippen LogP contribution is 2.22. The number of hydrogen-bond acceptors (Lipinski definition) is 3. The number of guanidine groups is 1. The lowest BCUT2D eigenvalue weighted by molar-refractivity contribution is 0.370. The molecule has 1 saturated heterocycles. The van der Waals surface area contributed by atoms with E-state index >= 15 is 0 Å². The van der Waals surface area contributed by atoms with Gasteiger partial charge in [0.1, 0.15) is 11.6 Å². The largest absolute Gasteiger partial charge is 0.505 e. The number of aromatic hydroxyl groups is 1. The van der Waals surface area contributed by atoms with E-state index in [1.54, 1.807) is 18.0 Å². The Hall–Kier alpha value is -2.17. The summed E-state index contributed by atoms with van der Waals surface area (Å²) >= 11 is 0. The maximum absolute atomic E-state index is 13.9. The predicted octanol–water partition coefficient (Wildman–Crippen LogP) is 3.33. The third kappa shape index (κ3) is 5.21. The Bertz CT molecular complexity index is 842. The van der Waals surface area contributed by atoms with Crippen LogP contribution in [0.5, 0.6) is 5.75 Å². The molecule has 1 fully saturated rings. The van der Waals surface area contributed by atoms with Crippen molar-refractivity contribution < 1.29 is 18.3 Å². The first-order valence-corrected chi connectivity index (χ1v) is 8.61. The topological polar surface area (TPSA) is 51.1 Å². The predicted molar refractivity (Wildman–Crippen MR) is 114 cm³/mol. The first-order valence-electron chi connectivity index (χ1n) is 8.61. The summed E-state index contributed by atoms with van der Waals surface area (Å²) in [5.74, 6) is -1.32. The van der Waals surface area contributed by atoms with Crippen LogP contribution in [0.1, 0.15) is 5.56 Å². The van der Waals surface area contributed by atoms with Gasteiger partial charge in [0, 0.05) is 45.8 Å². The van der Waals surface area contributed by atoms with E-state index in [1.165, 1.54) is 18.2 Å². The molecule has 0 radical (unpaired) electrons. The molecule has 0 atom stereocenters. The normalized spacial score (nSPS) is 14.6. The van der Waals surface area contributed by atoms with Crippen LogP contribution in [-0.4, -0.2) is 49.2 Å². The van der Waals surface area contributed by atoms with Crippen molar-refractivity contribution in [2.24, 2.45) is 4.99 Å². The van der Waals surface area contributed by atoms with Crippen molar-refractivity contribution in [1.29, 1.82) is 0 Å². The van der Waals surface area contributed by atoms with E-state index in [-0.39, 0.29) is 35.4 Å². The Morgan fingerprint density at radius 3 is 2.39 bits per heavy atom. The summed E-state index contributed by atoms with van der Waals surface area (Å²) in [6.45, 7) is 2.56. The van der Waals surface area contributed by atoms with Crippen LogP contribution >= 0.6 is 24.0 Å². The molecule has 2 aromatic rings. The minimum absolute atomic E-state index is 0. The Labute approximate surface area is 178 Å². The maximum Gasteiger partial charge on any atom is 0.194 e. The molecule has 0 saturated carbocycles. The zero-order chi connectivity index (χ0) is 19.4. The first kappa shape index (κ1) is 22.1. The molecular weight excluding hydrogens is 484 g/mol. The highest BCUT2D eigenvalue weighted by Gasteiger charge is 2.22. The van der Waals surface area contributed by atoms with Crippen molar-refractivity contribution in [2.45, 2.75) is 6.54 Å². The molecule has 9 heteroatoms. The van der Waals surface area contributed by atoms with Crippen LogP contribution < -0.4 is 10.2 Å². The number of phenolic OH excluding ortho intramolecular Hbond substituents is 1. The van der Waals surface area contributed by atoms with Gasteiger partial charge in [-0.15, -0.1) is 24.0 Å². The number of hydrogen-bond donors (Lipinski definition) is 2. The Kier molecular flexibility index (Phi) is 7.78. The van der Waals surface area contributed by atoms with Crippen LogP contribution in [0.3, 0.4) is 0 Å². The van der Waals surface area contributed by atoms with Gasteiger partial charge in [0.15, 0.2) is 17.5 Å². The monoisotopic (exact) mass is 506 g/mol. The molecule has 0 spiro atoms. The van der Waals surface area contributed by atoms with Gasteiger partial charge < -0.3 is 20.2 Å². The Morgan fingerprint density at radius 1 is 1.04 bits per heavy atom. The molecule has 0 bridgehead atoms. The lowest BCUT2D eigenvalue weighted by Crippen LogP contribution is -2.52. The number of rotatable bonds is 3. The van der Waals surface area contributed by atoms with Crippen molar-refractivity contribution in [1.82, 2.24) is 10.2 Å². The molecule has 5 nitrogen and oxygen atoms in total. The quantitative estimate of drug-likeness (QED) is 0.381. The van der Waals surface area contributed by atoms with Gasteiger partial charge in [0.25, 0.3) is 0 Å². The summed E-state index contributed by atoms with van der Waals surface area (Å²) in [5.41, 5.74) is 0.934. The molecule has 28 heavy (non-hydrogen) atoms. The smallest absolute Gasteiger partial charge is 0.194 e. The van der Waals surface area contributed by atoms with Crippen LogP contribution in [0.2, 0.25) is 0 Å². The summed E-state index contributed by atoms with van der Waals surface area (Å²) in [6, 6.07) is 7.64. The van der Waals surface area contributed by atoms with Crippen LogP contribution in [0.4, 0.5) is 18.9 Å². The van der Waals surface area contributed by atoms with Gasteiger partial charge in [-0.25, -0.2) is 13.2 Å². The van der Waals surface area contributed by atoms with Gasteiger partial charge in [0.2, 0.25) is 0 Å². The van der Waals surface area contributed by atoms with Gasteiger partial charge in [-0.3, -0.25) is 4.99 Å². The molecule has 0 aliphatic carbocycles. The summed E-state index contributed by atoms with van der Waals surface area (Å²) in [4.78, 5) is 8.04. The highest BCUT2D eigenvalue weighted by molar-refractivity contribution is 14.0. The van der Waals surface area contributed by atoms with Gasteiger partial charge in [-0.05, 0) is 29.8 Å². The third-order valence-corrected chi connectivity index (χ3v) is 4.50. The molecule has 2 aromatic carbocycles. The van der Waals surface area contributed by atoms with Crippen molar-refractivity contribution in [3.63, 3.8) is 0 Å². The first-order chi connectivity index (χ1) is 13.0. The van der Waals surface area contributed by atoms with E-state index in [9.17, 15) is 18.3 Å². The number of aliphatic imine (C=N–C) groups is 1. The number of phenols is 1. The molecule has 1 heterocycles. The number of nitrogens with one attached hydrogen (secondary N) is 1. The van der Waals surface area contributed by atoms with Crippen LogP contribution in [0.15, 0.2) is 41.4 Å². The summed E-state index contributed by atoms with van der Waals surface area (Å²) < 4.78 is 40.8. The number of nitrogens with zero attached hydrogens (tertiary/aromatic N) is 3. The maximum atomic E-state index is 13.9. The minimum atomic E-state index is -0.671. The molecule has 0 amide bonds. The second-order valence-corrected chi connectivity index (χ2v) is 6.26. The van der Waals surface area contributed by atoms with Gasteiger partial charge >= 0.3 is 0 Å². The van der Waals surface area contributed by atoms with E-state index in [0.717, 1.165) is 12.1 Å². The fraction of sp³-hybridized carbons (Fsp3) is 0.316. The van der Waals surface area contributed by atoms with Crippen LogP contribution in [0.25, 0.3) is 0 Å². The van der Waals surface area contributed by atoms with E-state index in [4.69, 9.17) is 0 Å². The molecule has 0 unspecified atom stereocenters. The Balaban J connectivity index is 0.00000280. The van der Waals surface area contributed by atoms with Gasteiger partial charge in [-0.1, -0.05) is 6.07 Å². The van der Waals surface area contributed by atoms with Crippen LogP contribution in [-0.2, 0) is 6.54 Å². The van der Waals surface area contributed by atoms with Crippen molar-refractivity contribution in [3.05, 3.63) is 59.4 Å². The Morgan fingerprint density at radius 2 is 1.75 bits per heavy atom. The van der Waals surface area contributed by atoms with E-state index in [1.807, 2.05) is 4.90 Å². The van der Waals surface area contributed by atoms with Gasteiger partial charge in [-0.2, -0.15) is 0 Å². The van der Waals surface area contributed by atoms with Crippen LogP contribution in [0, 0.1) is 17.5 Å². The molecule has 3 rings (SSSR count). The lowest BCUT2D eigenvalue weighted by Gasteiger charge is -2.37. The van der Waals surface area contributed by atoms with E-state index in [2.05, 4.69) is 10.3 Å². The second-order valence-electron chi connectivity index (χ2n) is 6.26. The fourth-order valence-corrected chi connectivity index (χ4v) is 3.06. The average Bonchev–Trinajstić information content (AvgIpc) is 2.67. The van der Waals surface area contributed by atoms with Crippen molar-refractivity contribution >= 4 is 35.6 Å². The standard InChI is InChI=1S/C19H21F3N4O.HI/c1-23-19(24-12-13-2-5-18(27)16(22)10-13)26-8-6-25(7-9-26)17-11-14(20)3-4-15(17)21;/h2-5,10-11,27H,6-9,12H2,1H3,(H,23,24);1H. The lowest BCUT2D eigenvalue weighted by atomic mass is 10.2. The number of halogens is 4. The zero-order valence-corrected chi connectivity index (χ0v) is 17.7.